The SMILES string of the molecule is CC(C)C(NS(=O)(=O)c1c(F)cc(F)cc1Br)C(N)=O. The van der Waals surface area contributed by atoms with Crippen LogP contribution in [0.5, 0.6) is 0 Å². The summed E-state index contributed by atoms with van der Waals surface area (Å²) in [5, 5.41) is 0. The van der Waals surface area contributed by atoms with Gasteiger partial charge in [-0.05, 0) is 27.9 Å². The van der Waals surface area contributed by atoms with Crippen LogP contribution in [0.1, 0.15) is 13.8 Å². The smallest absolute Gasteiger partial charge is 0.245 e. The molecule has 1 atom stereocenters. The third-order valence-corrected chi connectivity index (χ3v) is 4.89. The number of hydrogen-bond acceptors (Lipinski definition) is 3. The number of nitrogens with one attached hydrogen (secondary N) is 1. The Labute approximate surface area is 123 Å². The quantitative estimate of drug-likeness (QED) is 0.823. The monoisotopic (exact) mass is 370 g/mol. The van der Waals surface area contributed by atoms with Crippen molar-refractivity contribution in [1.82, 2.24) is 4.72 Å². The average molecular weight is 371 g/mol. The van der Waals surface area contributed by atoms with Crippen LogP contribution in [0.3, 0.4) is 0 Å². The van der Waals surface area contributed by atoms with Crippen LogP contribution in [0.25, 0.3) is 0 Å². The second-order valence-corrected chi connectivity index (χ2v) is 6.95. The zero-order valence-corrected chi connectivity index (χ0v) is 13.1. The van der Waals surface area contributed by atoms with E-state index in [1.807, 2.05) is 4.72 Å². The van der Waals surface area contributed by atoms with Crippen LogP contribution in [0.15, 0.2) is 21.5 Å². The number of benzene rings is 1. The van der Waals surface area contributed by atoms with Crippen molar-refractivity contribution in [2.45, 2.75) is 24.8 Å². The Balaban J connectivity index is 3.28. The Kier molecular flexibility index (Phi) is 5.22. The highest BCUT2D eigenvalue weighted by Gasteiger charge is 2.30. The standard InChI is InChI=1S/C11H13BrF2N2O3S/c1-5(2)9(11(15)17)16-20(18,19)10-7(12)3-6(13)4-8(10)14/h3-5,9,16H,1-2H3,(H2,15,17). The fourth-order valence-corrected chi connectivity index (χ4v) is 4.05. The minimum atomic E-state index is -4.37. The first kappa shape index (κ1) is 17.0. The molecule has 0 saturated carbocycles. The Morgan fingerprint density at radius 3 is 2.30 bits per heavy atom. The predicted octanol–water partition coefficient (Wildman–Crippen LogP) is 1.52. The maximum absolute atomic E-state index is 13.7. The van der Waals surface area contributed by atoms with Crippen molar-refractivity contribution in [2.75, 3.05) is 0 Å². The highest BCUT2D eigenvalue weighted by Crippen LogP contribution is 2.26. The molecule has 0 aliphatic rings. The lowest BCUT2D eigenvalue weighted by Crippen LogP contribution is -2.47. The Bertz CT molecular complexity index is 612. The topological polar surface area (TPSA) is 89.3 Å². The molecule has 0 fully saturated rings. The van der Waals surface area contributed by atoms with Gasteiger partial charge in [0.1, 0.15) is 22.6 Å². The molecule has 3 N–H and O–H groups in total. The third kappa shape index (κ3) is 3.74. The molecule has 112 valence electrons. The molecule has 20 heavy (non-hydrogen) atoms. The van der Waals surface area contributed by atoms with Crippen LogP contribution in [0.4, 0.5) is 8.78 Å². The largest absolute Gasteiger partial charge is 0.368 e. The molecular weight excluding hydrogens is 358 g/mol. The molecule has 1 unspecified atom stereocenters. The van der Waals surface area contributed by atoms with Gasteiger partial charge in [-0.3, -0.25) is 4.79 Å². The van der Waals surface area contributed by atoms with E-state index in [1.54, 1.807) is 13.8 Å². The van der Waals surface area contributed by atoms with Gasteiger partial charge in [0.05, 0.1) is 0 Å². The second-order valence-electron chi connectivity index (χ2n) is 4.44. The van der Waals surface area contributed by atoms with Gasteiger partial charge in [-0.2, -0.15) is 4.72 Å². The molecule has 0 radical (unpaired) electrons. The van der Waals surface area contributed by atoms with Gasteiger partial charge in [-0.1, -0.05) is 13.8 Å². The van der Waals surface area contributed by atoms with E-state index in [-0.39, 0.29) is 4.47 Å². The van der Waals surface area contributed by atoms with Crippen molar-refractivity contribution >= 4 is 31.9 Å². The molecule has 1 rings (SSSR count). The number of nitrogens with two attached hydrogens (primary N) is 1. The van der Waals surface area contributed by atoms with Crippen molar-refractivity contribution in [1.29, 1.82) is 0 Å². The van der Waals surface area contributed by atoms with Crippen LogP contribution in [-0.4, -0.2) is 20.4 Å². The minimum absolute atomic E-state index is 0.283. The van der Waals surface area contributed by atoms with Gasteiger partial charge in [-0.15, -0.1) is 0 Å². The number of amides is 1. The molecule has 0 heterocycles. The van der Waals surface area contributed by atoms with Crippen molar-refractivity contribution in [2.24, 2.45) is 11.7 Å². The first-order chi connectivity index (χ1) is 9.06. The maximum Gasteiger partial charge on any atom is 0.245 e. The molecule has 0 aliphatic carbocycles. The molecule has 1 aromatic carbocycles. The Morgan fingerprint density at radius 1 is 1.35 bits per heavy atom. The summed E-state index contributed by atoms with van der Waals surface area (Å²) in [6, 6.07) is 0.0524. The lowest BCUT2D eigenvalue weighted by Gasteiger charge is -2.19. The van der Waals surface area contributed by atoms with Gasteiger partial charge < -0.3 is 5.73 Å². The van der Waals surface area contributed by atoms with Gasteiger partial charge in [-0.25, -0.2) is 17.2 Å². The first-order valence-electron chi connectivity index (χ1n) is 5.52. The van der Waals surface area contributed by atoms with E-state index in [2.05, 4.69) is 15.9 Å². The molecule has 0 bridgehead atoms. The minimum Gasteiger partial charge on any atom is -0.368 e. The molecule has 0 aromatic heterocycles. The summed E-state index contributed by atoms with van der Waals surface area (Å²) < 4.78 is 52.5. The maximum atomic E-state index is 13.7. The van der Waals surface area contributed by atoms with E-state index in [4.69, 9.17) is 5.73 Å². The van der Waals surface area contributed by atoms with E-state index >= 15 is 0 Å². The molecule has 9 heteroatoms. The summed E-state index contributed by atoms with van der Waals surface area (Å²) in [5.74, 6) is -3.51. The number of halogens is 3. The Morgan fingerprint density at radius 2 is 1.90 bits per heavy atom. The van der Waals surface area contributed by atoms with Crippen molar-refractivity contribution in [3.8, 4) is 0 Å². The number of carbonyl (C=O) groups is 1. The van der Waals surface area contributed by atoms with Crippen LogP contribution in [-0.2, 0) is 14.8 Å². The highest BCUT2D eigenvalue weighted by atomic mass is 79.9. The van der Waals surface area contributed by atoms with Crippen LogP contribution >= 0.6 is 15.9 Å². The van der Waals surface area contributed by atoms with Crippen molar-refractivity contribution < 1.29 is 22.0 Å². The van der Waals surface area contributed by atoms with Gasteiger partial charge >= 0.3 is 0 Å². The van der Waals surface area contributed by atoms with Crippen molar-refractivity contribution in [3.63, 3.8) is 0 Å². The lowest BCUT2D eigenvalue weighted by molar-refractivity contribution is -0.120. The molecule has 1 aromatic rings. The summed E-state index contributed by atoms with van der Waals surface area (Å²) >= 11 is 2.78. The van der Waals surface area contributed by atoms with E-state index in [0.29, 0.717) is 6.07 Å². The van der Waals surface area contributed by atoms with E-state index < -0.39 is 44.4 Å². The second kappa shape index (κ2) is 6.15. The molecule has 5 nitrogen and oxygen atoms in total. The van der Waals surface area contributed by atoms with Gasteiger partial charge in [0.15, 0.2) is 0 Å². The van der Waals surface area contributed by atoms with Gasteiger partial charge in [0, 0.05) is 10.5 Å². The van der Waals surface area contributed by atoms with Crippen LogP contribution in [0.2, 0.25) is 0 Å². The Hall–Kier alpha value is -1.06. The van der Waals surface area contributed by atoms with E-state index in [9.17, 15) is 22.0 Å². The zero-order valence-electron chi connectivity index (χ0n) is 10.7. The molecule has 0 spiro atoms. The molecule has 0 aliphatic heterocycles. The lowest BCUT2D eigenvalue weighted by atomic mass is 10.1. The molecular formula is C11H13BrF2N2O3S. The fraction of sp³-hybridized carbons (Fsp3) is 0.364. The van der Waals surface area contributed by atoms with Crippen LogP contribution in [0, 0.1) is 17.6 Å². The predicted molar refractivity (Wildman–Crippen MR) is 72.2 cm³/mol. The summed E-state index contributed by atoms with van der Waals surface area (Å²) in [7, 11) is -4.37. The number of hydrogen-bond donors (Lipinski definition) is 2. The van der Waals surface area contributed by atoms with Gasteiger partial charge in [0.2, 0.25) is 15.9 Å². The number of rotatable bonds is 5. The highest BCUT2D eigenvalue weighted by molar-refractivity contribution is 9.10. The normalized spacial score (nSPS) is 13.5. The van der Waals surface area contributed by atoms with E-state index in [1.165, 1.54) is 0 Å². The molecule has 1 amide bonds. The molecule has 0 saturated heterocycles. The van der Waals surface area contributed by atoms with Crippen LogP contribution < -0.4 is 10.5 Å². The van der Waals surface area contributed by atoms with Crippen molar-refractivity contribution in [3.05, 3.63) is 28.2 Å². The number of carbonyl (C=O) groups excluding carboxylic acids is 1. The summed E-state index contributed by atoms with van der Waals surface area (Å²) in [6.45, 7) is 3.15. The fourth-order valence-electron chi connectivity index (χ4n) is 1.53. The third-order valence-electron chi connectivity index (χ3n) is 2.49. The summed E-state index contributed by atoms with van der Waals surface area (Å²) in [4.78, 5) is 10.4. The first-order valence-corrected chi connectivity index (χ1v) is 7.80. The number of sulfonamides is 1. The average Bonchev–Trinajstić information content (AvgIpc) is 2.23. The summed E-state index contributed by atoms with van der Waals surface area (Å²) in [6.07, 6.45) is 0. The zero-order chi connectivity index (χ0) is 15.7. The summed E-state index contributed by atoms with van der Waals surface area (Å²) in [5.41, 5.74) is 5.09. The number of primary amides is 1. The van der Waals surface area contributed by atoms with E-state index in [0.717, 1.165) is 6.07 Å². The van der Waals surface area contributed by atoms with Gasteiger partial charge in [0.25, 0.3) is 0 Å².